The maximum atomic E-state index is 11.2. The molecule has 0 heterocycles. The highest BCUT2D eigenvalue weighted by Gasteiger charge is 2.09. The first-order valence-electron chi connectivity index (χ1n) is 5.31. The van der Waals surface area contributed by atoms with Crippen LogP contribution in [0.3, 0.4) is 0 Å². The Morgan fingerprint density at radius 3 is 2.62 bits per heavy atom. The van der Waals surface area contributed by atoms with Crippen molar-refractivity contribution in [1.29, 1.82) is 0 Å². The van der Waals surface area contributed by atoms with Crippen LogP contribution in [-0.2, 0) is 4.74 Å². The second-order valence-electron chi connectivity index (χ2n) is 3.89. The van der Waals surface area contributed by atoms with Gasteiger partial charge in [0.15, 0.2) is 0 Å². The molecule has 1 rings (SSSR count). The molecule has 0 fully saturated rings. The Hall–Kier alpha value is -1.51. The van der Waals surface area contributed by atoms with Gasteiger partial charge in [-0.2, -0.15) is 0 Å². The molecule has 0 aliphatic carbocycles. The van der Waals surface area contributed by atoms with E-state index in [-0.39, 0.29) is 0 Å². The summed E-state index contributed by atoms with van der Waals surface area (Å²) >= 11 is 0. The Balaban J connectivity index is 2.86. The number of carbonyl (C=O) groups is 1. The van der Waals surface area contributed by atoms with E-state index < -0.39 is 6.16 Å². The van der Waals surface area contributed by atoms with Crippen molar-refractivity contribution in [3.05, 3.63) is 35.9 Å². The van der Waals surface area contributed by atoms with Crippen LogP contribution in [0.5, 0.6) is 5.75 Å². The molecule has 0 saturated heterocycles. The lowest BCUT2D eigenvalue weighted by atomic mass is 10.0. The summed E-state index contributed by atoms with van der Waals surface area (Å²) in [5.74, 6) is 0.953. The van der Waals surface area contributed by atoms with Gasteiger partial charge in [0.25, 0.3) is 0 Å². The van der Waals surface area contributed by atoms with Gasteiger partial charge in [-0.15, -0.1) is 0 Å². The molecule has 3 heteroatoms. The molecule has 0 saturated carbocycles. The van der Waals surface area contributed by atoms with Crippen LogP contribution in [-0.4, -0.2) is 6.16 Å². The van der Waals surface area contributed by atoms with Gasteiger partial charge in [0.2, 0.25) is 0 Å². The summed E-state index contributed by atoms with van der Waals surface area (Å²) in [7, 11) is 0. The third-order valence-electron chi connectivity index (χ3n) is 2.29. The third kappa shape index (κ3) is 3.26. The summed E-state index contributed by atoms with van der Waals surface area (Å²) < 4.78 is 9.70. The van der Waals surface area contributed by atoms with E-state index in [4.69, 9.17) is 4.74 Å². The number of aryl methyl sites for hydroxylation is 1. The molecule has 16 heavy (non-hydrogen) atoms. The van der Waals surface area contributed by atoms with E-state index in [9.17, 15) is 4.79 Å². The lowest BCUT2D eigenvalue weighted by molar-refractivity contribution is 0.123. The van der Waals surface area contributed by atoms with Gasteiger partial charge in [-0.1, -0.05) is 26.0 Å². The minimum absolute atomic E-state index is 0.400. The van der Waals surface area contributed by atoms with Crippen molar-refractivity contribution < 1.29 is 14.3 Å². The molecule has 0 amide bonds. The zero-order valence-corrected chi connectivity index (χ0v) is 10.1. The number of hydrogen-bond donors (Lipinski definition) is 0. The van der Waals surface area contributed by atoms with Crippen LogP contribution in [0.25, 0.3) is 0 Å². The molecule has 87 valence electrons. The first-order valence-corrected chi connectivity index (χ1v) is 5.31. The molecule has 0 spiro atoms. The molecule has 3 nitrogen and oxygen atoms in total. The van der Waals surface area contributed by atoms with Gasteiger partial charge in [0.1, 0.15) is 12.4 Å². The Labute approximate surface area is 96.4 Å². The molecule has 0 unspecified atom stereocenters. The normalized spacial score (nSPS) is 10.3. The highest BCUT2D eigenvalue weighted by atomic mass is 16.7. The Morgan fingerprint density at radius 2 is 2.06 bits per heavy atom. The fourth-order valence-electron chi connectivity index (χ4n) is 1.30. The molecule has 1 aromatic carbocycles. The van der Waals surface area contributed by atoms with E-state index in [0.29, 0.717) is 11.7 Å². The lowest BCUT2D eigenvalue weighted by Gasteiger charge is -2.10. The van der Waals surface area contributed by atoms with Crippen LogP contribution in [0.4, 0.5) is 4.79 Å². The van der Waals surface area contributed by atoms with Crippen molar-refractivity contribution in [3.8, 4) is 5.75 Å². The van der Waals surface area contributed by atoms with Crippen LogP contribution in [0.15, 0.2) is 18.2 Å². The molecule has 0 bridgehead atoms. The summed E-state index contributed by atoms with van der Waals surface area (Å²) in [5.41, 5.74) is 2.05. The Bertz CT molecular complexity index is 369. The number of carbonyl (C=O) groups excluding carboxylic acids is 1. The molecular weight excluding hydrogens is 204 g/mol. The van der Waals surface area contributed by atoms with E-state index >= 15 is 0 Å². The number of benzene rings is 1. The largest absolute Gasteiger partial charge is 0.514 e. The minimum Gasteiger partial charge on any atom is -0.427 e. The smallest absolute Gasteiger partial charge is 0.427 e. The van der Waals surface area contributed by atoms with E-state index in [1.54, 1.807) is 6.92 Å². The summed E-state index contributed by atoms with van der Waals surface area (Å²) in [4.78, 5) is 11.2. The van der Waals surface area contributed by atoms with Gasteiger partial charge in [-0.05, 0) is 37.0 Å². The summed E-state index contributed by atoms with van der Waals surface area (Å²) in [6, 6.07) is 5.84. The van der Waals surface area contributed by atoms with E-state index in [1.807, 2.05) is 25.1 Å². The van der Waals surface area contributed by atoms with Gasteiger partial charge < -0.3 is 9.47 Å². The first-order chi connectivity index (χ1) is 7.54. The number of ether oxygens (including phenoxy) is 2. The predicted octanol–water partition coefficient (Wildman–Crippen LogP) is 3.82. The third-order valence-corrected chi connectivity index (χ3v) is 2.29. The average Bonchev–Trinajstić information content (AvgIpc) is 2.21. The van der Waals surface area contributed by atoms with Crippen molar-refractivity contribution in [2.24, 2.45) is 0 Å². The van der Waals surface area contributed by atoms with Gasteiger partial charge in [-0.25, -0.2) is 4.79 Å². The van der Waals surface area contributed by atoms with Crippen LogP contribution in [0.2, 0.25) is 0 Å². The predicted molar refractivity (Wildman–Crippen MR) is 62.4 cm³/mol. The maximum absolute atomic E-state index is 11.2. The number of hydrogen-bond acceptors (Lipinski definition) is 3. The zero-order chi connectivity index (χ0) is 12.1. The molecule has 0 N–H and O–H groups in total. The highest BCUT2D eigenvalue weighted by molar-refractivity contribution is 5.65. The molecule has 1 aromatic rings. The SMILES string of the molecule is C[CH]OC(=O)Oc1cc(C(C)C)ccc1C. The lowest BCUT2D eigenvalue weighted by Crippen LogP contribution is -2.09. The molecular formula is C13H17O3. The van der Waals surface area contributed by atoms with Crippen LogP contribution < -0.4 is 4.74 Å². The first kappa shape index (κ1) is 12.6. The van der Waals surface area contributed by atoms with Gasteiger partial charge in [0, 0.05) is 0 Å². The van der Waals surface area contributed by atoms with Crippen LogP contribution in [0.1, 0.15) is 37.8 Å². The maximum Gasteiger partial charge on any atom is 0.514 e. The Kier molecular flexibility index (Phi) is 4.35. The molecule has 0 aromatic heterocycles. The van der Waals surface area contributed by atoms with E-state index in [1.165, 1.54) is 6.61 Å². The molecule has 1 radical (unpaired) electrons. The Morgan fingerprint density at radius 1 is 1.38 bits per heavy atom. The molecule has 0 aliphatic rings. The topological polar surface area (TPSA) is 35.5 Å². The fourth-order valence-corrected chi connectivity index (χ4v) is 1.30. The van der Waals surface area contributed by atoms with Gasteiger partial charge >= 0.3 is 6.16 Å². The van der Waals surface area contributed by atoms with Crippen molar-refractivity contribution in [2.45, 2.75) is 33.6 Å². The highest BCUT2D eigenvalue weighted by Crippen LogP contribution is 2.24. The summed E-state index contributed by atoms with van der Waals surface area (Å²) in [5, 5.41) is 0. The quantitative estimate of drug-likeness (QED) is 0.575. The van der Waals surface area contributed by atoms with Gasteiger partial charge in [-0.3, -0.25) is 0 Å². The molecule has 0 aliphatic heterocycles. The van der Waals surface area contributed by atoms with Crippen molar-refractivity contribution in [1.82, 2.24) is 0 Å². The second kappa shape index (κ2) is 5.54. The van der Waals surface area contributed by atoms with Crippen LogP contribution >= 0.6 is 0 Å². The van der Waals surface area contributed by atoms with E-state index in [0.717, 1.165) is 11.1 Å². The van der Waals surface area contributed by atoms with Crippen LogP contribution in [0, 0.1) is 13.5 Å². The van der Waals surface area contributed by atoms with Crippen molar-refractivity contribution in [2.75, 3.05) is 0 Å². The number of rotatable bonds is 3. The van der Waals surface area contributed by atoms with Crippen molar-refractivity contribution in [3.63, 3.8) is 0 Å². The zero-order valence-electron chi connectivity index (χ0n) is 10.1. The summed E-state index contributed by atoms with van der Waals surface area (Å²) in [6.07, 6.45) is -0.702. The average molecular weight is 221 g/mol. The standard InChI is InChI=1S/C13H17O3/c1-5-15-13(14)16-12-8-11(9(2)3)7-6-10(12)4/h5-9H,1-4H3. The second-order valence-corrected chi connectivity index (χ2v) is 3.89. The minimum atomic E-state index is -0.702. The van der Waals surface area contributed by atoms with Crippen molar-refractivity contribution >= 4 is 6.16 Å². The summed E-state index contributed by atoms with van der Waals surface area (Å²) in [6.45, 7) is 8.99. The van der Waals surface area contributed by atoms with Gasteiger partial charge in [0.05, 0.1) is 0 Å². The fraction of sp³-hybridized carbons (Fsp3) is 0.385. The van der Waals surface area contributed by atoms with E-state index in [2.05, 4.69) is 18.6 Å². The monoisotopic (exact) mass is 221 g/mol. The molecule has 0 atom stereocenters.